The molecule has 1 aromatic heterocycles. The molecule has 19 heavy (non-hydrogen) atoms. The van der Waals surface area contributed by atoms with Gasteiger partial charge in [-0.25, -0.2) is 9.98 Å². The predicted octanol–water partition coefficient (Wildman–Crippen LogP) is 3.75. The van der Waals surface area contributed by atoms with Crippen LogP contribution in [0.4, 0.5) is 5.82 Å². The summed E-state index contributed by atoms with van der Waals surface area (Å²) in [5.41, 5.74) is 3.03. The van der Waals surface area contributed by atoms with Crippen molar-refractivity contribution in [2.45, 2.75) is 13.3 Å². The maximum Gasteiger partial charge on any atom is 0.172 e. The predicted molar refractivity (Wildman–Crippen MR) is 75.6 cm³/mol. The minimum Gasteiger partial charge on any atom is -0.294 e. The largest absolute Gasteiger partial charge is 0.294 e. The fourth-order valence-electron chi connectivity index (χ4n) is 2.10. The third-order valence-corrected chi connectivity index (χ3v) is 3.28. The van der Waals surface area contributed by atoms with E-state index in [9.17, 15) is 4.79 Å². The average molecular weight is 271 g/mol. The van der Waals surface area contributed by atoms with Crippen molar-refractivity contribution in [1.82, 2.24) is 4.98 Å². The fourth-order valence-corrected chi connectivity index (χ4v) is 2.29. The number of fused-ring (bicyclic) bond motifs is 1. The number of ketones is 1. The number of Topliss-reactive ketones (excluding diaryl/α,β-unsaturated/α-hetero) is 1. The number of aromatic nitrogens is 1. The number of benzene rings is 1. The van der Waals surface area contributed by atoms with Gasteiger partial charge in [0.25, 0.3) is 0 Å². The quantitative estimate of drug-likeness (QED) is 0.792. The Hall–Kier alpha value is -2.00. The first-order valence-electron chi connectivity index (χ1n) is 5.98. The minimum absolute atomic E-state index is 0.0486. The second-order valence-electron chi connectivity index (χ2n) is 4.49. The van der Waals surface area contributed by atoms with Crippen LogP contribution in [0.5, 0.6) is 0 Å². The summed E-state index contributed by atoms with van der Waals surface area (Å²) in [6.07, 6.45) is 0.290. The molecule has 0 atom stereocenters. The molecule has 0 N–H and O–H groups in total. The molecule has 0 fully saturated rings. The van der Waals surface area contributed by atoms with Crippen LogP contribution in [0.3, 0.4) is 0 Å². The van der Waals surface area contributed by atoms with E-state index in [1.807, 2.05) is 31.2 Å². The first kappa shape index (κ1) is 12.1. The van der Waals surface area contributed by atoms with Crippen molar-refractivity contribution in [2.24, 2.45) is 4.99 Å². The minimum atomic E-state index is 0.0486. The van der Waals surface area contributed by atoms with Gasteiger partial charge in [-0.2, -0.15) is 0 Å². The molecule has 1 aromatic carbocycles. The number of rotatable bonds is 1. The lowest BCUT2D eigenvalue weighted by atomic mass is 9.98. The van der Waals surface area contributed by atoms with Gasteiger partial charge in [0.15, 0.2) is 11.6 Å². The number of carbonyl (C=O) groups is 1. The molecular formula is C15H11ClN2O. The van der Waals surface area contributed by atoms with Crippen molar-refractivity contribution in [3.05, 3.63) is 58.2 Å². The van der Waals surface area contributed by atoms with Crippen LogP contribution in [-0.2, 0) is 0 Å². The third kappa shape index (κ3) is 2.29. The Bertz CT molecular complexity index is 707. The Balaban J connectivity index is 2.12. The Labute approximate surface area is 116 Å². The van der Waals surface area contributed by atoms with E-state index >= 15 is 0 Å². The van der Waals surface area contributed by atoms with Gasteiger partial charge in [0.2, 0.25) is 0 Å². The number of halogens is 1. The first-order valence-corrected chi connectivity index (χ1v) is 6.35. The number of aryl methyl sites for hydroxylation is 1. The second kappa shape index (κ2) is 4.59. The molecule has 0 bridgehead atoms. The molecule has 0 spiro atoms. The van der Waals surface area contributed by atoms with Crippen LogP contribution < -0.4 is 0 Å². The van der Waals surface area contributed by atoms with Crippen molar-refractivity contribution in [2.75, 3.05) is 0 Å². The lowest BCUT2D eigenvalue weighted by Crippen LogP contribution is -2.15. The number of nitrogens with zero attached hydrogens (tertiary/aromatic N) is 2. The Kier molecular flexibility index (Phi) is 2.91. The number of hydrogen-bond donors (Lipinski definition) is 0. The molecule has 2 heterocycles. The molecule has 0 unspecified atom stereocenters. The van der Waals surface area contributed by atoms with E-state index < -0.39 is 0 Å². The molecule has 2 aromatic rings. The number of hydrogen-bond acceptors (Lipinski definition) is 3. The highest BCUT2D eigenvalue weighted by atomic mass is 35.5. The average Bonchev–Trinajstić information content (AvgIpc) is 2.38. The maximum absolute atomic E-state index is 12.1. The standard InChI is InChI=1S/C15H11ClN2O/c1-9-5-6-12-14(19)8-13(18-15(12)17-9)10-3-2-4-11(16)7-10/h2-7H,8H2,1H3. The molecule has 0 saturated carbocycles. The van der Waals surface area contributed by atoms with Crippen LogP contribution in [0.1, 0.15) is 28.0 Å². The van der Waals surface area contributed by atoms with Crippen molar-refractivity contribution >= 4 is 28.9 Å². The van der Waals surface area contributed by atoms with Gasteiger partial charge < -0.3 is 0 Å². The van der Waals surface area contributed by atoms with Gasteiger partial charge in [0.1, 0.15) is 0 Å². The highest BCUT2D eigenvalue weighted by molar-refractivity contribution is 6.31. The maximum atomic E-state index is 12.1. The second-order valence-corrected chi connectivity index (χ2v) is 4.93. The summed E-state index contributed by atoms with van der Waals surface area (Å²) >= 11 is 5.97. The molecule has 94 valence electrons. The zero-order valence-electron chi connectivity index (χ0n) is 10.4. The molecule has 0 radical (unpaired) electrons. The van der Waals surface area contributed by atoms with Gasteiger partial charge in [-0.15, -0.1) is 0 Å². The molecule has 1 aliphatic rings. The van der Waals surface area contributed by atoms with E-state index in [1.165, 1.54) is 0 Å². The lowest BCUT2D eigenvalue weighted by molar-refractivity contribution is 0.0999. The molecule has 1 aliphatic heterocycles. The molecule has 0 saturated heterocycles. The van der Waals surface area contributed by atoms with Gasteiger partial charge in [0.05, 0.1) is 17.7 Å². The SMILES string of the molecule is Cc1ccc2c(n1)N=C(c1cccc(Cl)c1)CC2=O. The van der Waals surface area contributed by atoms with Gasteiger partial charge in [0, 0.05) is 10.7 Å². The Morgan fingerprint density at radius 1 is 1.21 bits per heavy atom. The lowest BCUT2D eigenvalue weighted by Gasteiger charge is -2.14. The van der Waals surface area contributed by atoms with Crippen molar-refractivity contribution in [3.8, 4) is 0 Å². The highest BCUT2D eigenvalue weighted by Gasteiger charge is 2.21. The van der Waals surface area contributed by atoms with E-state index in [4.69, 9.17) is 11.6 Å². The summed E-state index contributed by atoms with van der Waals surface area (Å²) in [5, 5.41) is 0.635. The van der Waals surface area contributed by atoms with Crippen molar-refractivity contribution < 1.29 is 4.79 Å². The summed E-state index contributed by atoms with van der Waals surface area (Å²) in [5.74, 6) is 0.554. The van der Waals surface area contributed by atoms with Crippen LogP contribution in [0.25, 0.3) is 0 Å². The van der Waals surface area contributed by atoms with Gasteiger partial charge in [-0.1, -0.05) is 23.7 Å². The highest BCUT2D eigenvalue weighted by Crippen LogP contribution is 2.26. The normalized spacial score (nSPS) is 14.0. The zero-order chi connectivity index (χ0) is 13.4. The molecule has 4 heteroatoms. The van der Waals surface area contributed by atoms with Crippen LogP contribution in [0.2, 0.25) is 5.02 Å². The molecule has 0 amide bonds. The van der Waals surface area contributed by atoms with E-state index in [1.54, 1.807) is 12.1 Å². The van der Waals surface area contributed by atoms with Gasteiger partial charge in [-0.05, 0) is 36.8 Å². The number of aliphatic imine (C=N–C) groups is 1. The third-order valence-electron chi connectivity index (χ3n) is 3.04. The molecule has 3 rings (SSSR count). The summed E-state index contributed by atoms with van der Waals surface area (Å²) < 4.78 is 0. The smallest absolute Gasteiger partial charge is 0.172 e. The monoisotopic (exact) mass is 270 g/mol. The summed E-state index contributed by atoms with van der Waals surface area (Å²) in [6.45, 7) is 1.88. The molecular weight excluding hydrogens is 260 g/mol. The van der Waals surface area contributed by atoms with E-state index in [0.29, 0.717) is 16.4 Å². The van der Waals surface area contributed by atoms with Gasteiger partial charge in [-0.3, -0.25) is 4.79 Å². The van der Waals surface area contributed by atoms with Crippen LogP contribution in [0.15, 0.2) is 41.4 Å². The Morgan fingerprint density at radius 2 is 2.05 bits per heavy atom. The summed E-state index contributed by atoms with van der Waals surface area (Å²) in [7, 11) is 0. The molecule has 0 aliphatic carbocycles. The zero-order valence-corrected chi connectivity index (χ0v) is 11.1. The summed E-state index contributed by atoms with van der Waals surface area (Å²) in [4.78, 5) is 20.9. The number of carbonyl (C=O) groups excluding carboxylic acids is 1. The van der Waals surface area contributed by atoms with Gasteiger partial charge >= 0.3 is 0 Å². The van der Waals surface area contributed by atoms with Crippen molar-refractivity contribution in [1.29, 1.82) is 0 Å². The van der Waals surface area contributed by atoms with E-state index in [2.05, 4.69) is 9.98 Å². The van der Waals surface area contributed by atoms with Crippen LogP contribution >= 0.6 is 11.6 Å². The van der Waals surface area contributed by atoms with Crippen LogP contribution in [-0.4, -0.2) is 16.5 Å². The van der Waals surface area contributed by atoms with Crippen LogP contribution in [0, 0.1) is 6.92 Å². The molecule has 3 nitrogen and oxygen atoms in total. The van der Waals surface area contributed by atoms with E-state index in [0.717, 1.165) is 17.0 Å². The number of pyridine rings is 1. The fraction of sp³-hybridized carbons (Fsp3) is 0.133. The first-order chi connectivity index (χ1) is 9.13. The van der Waals surface area contributed by atoms with Crippen molar-refractivity contribution in [3.63, 3.8) is 0 Å². The topological polar surface area (TPSA) is 42.3 Å². The Morgan fingerprint density at radius 3 is 2.84 bits per heavy atom. The summed E-state index contributed by atoms with van der Waals surface area (Å²) in [6, 6.07) is 11.0. The van der Waals surface area contributed by atoms with E-state index in [-0.39, 0.29) is 12.2 Å².